The van der Waals surface area contributed by atoms with Crippen LogP contribution in [0.4, 0.5) is 11.4 Å². The van der Waals surface area contributed by atoms with E-state index >= 15 is 0 Å². The number of carboxylic acids is 1. The molecule has 0 bridgehead atoms. The number of rotatable bonds is 58. The van der Waals surface area contributed by atoms with Crippen LogP contribution in [0.25, 0.3) is 0 Å². The number of ether oxygens (including phenoxy) is 12. The number of nitrogens with zero attached hydrogens (tertiary/aromatic N) is 2. The van der Waals surface area contributed by atoms with Crippen LogP contribution in [0.2, 0.25) is 0 Å². The van der Waals surface area contributed by atoms with E-state index in [1.165, 1.54) is 58.3 Å². The number of sulfonamides is 1. The number of primary sulfonamides is 1. The minimum atomic E-state index is -3.94. The van der Waals surface area contributed by atoms with Gasteiger partial charge in [0.15, 0.2) is 5.78 Å². The van der Waals surface area contributed by atoms with Crippen LogP contribution >= 0.6 is 12.6 Å². The predicted octanol–water partition coefficient (Wildman–Crippen LogP) is -1.27. The van der Waals surface area contributed by atoms with E-state index in [0.717, 1.165) is 0 Å². The highest BCUT2D eigenvalue weighted by atomic mass is 32.2. The summed E-state index contributed by atoms with van der Waals surface area (Å²) in [6.45, 7) is 8.77. The number of anilines is 2. The van der Waals surface area contributed by atoms with Crippen molar-refractivity contribution in [2.75, 3.05) is 227 Å². The highest BCUT2D eigenvalue weighted by Crippen LogP contribution is 2.14. The monoisotopic (exact) mass is 1260 g/mol. The number of nitrogens with two attached hydrogens (primary N) is 1. The Morgan fingerprint density at radius 1 is 0.500 bits per heavy atom. The molecular formula is C52H86N7O22S3-. The summed E-state index contributed by atoms with van der Waals surface area (Å²) in [5.74, 6) is -2.01. The largest absolute Gasteiger partial charge is 0.755 e. The Morgan fingerprint density at radius 2 is 0.869 bits per heavy atom. The van der Waals surface area contributed by atoms with E-state index in [0.29, 0.717) is 169 Å². The Hall–Kier alpha value is -4.40. The summed E-state index contributed by atoms with van der Waals surface area (Å²) in [7, 11) is -3.94. The number of ketones is 1. The van der Waals surface area contributed by atoms with Crippen molar-refractivity contribution in [3.05, 3.63) is 54.1 Å². The van der Waals surface area contributed by atoms with Gasteiger partial charge < -0.3 is 87.2 Å². The molecule has 2 rings (SSSR count). The van der Waals surface area contributed by atoms with Gasteiger partial charge in [0.25, 0.3) is 0 Å². The van der Waals surface area contributed by atoms with Gasteiger partial charge in [-0.1, -0.05) is 12.1 Å². The highest BCUT2D eigenvalue weighted by Gasteiger charge is 2.20. The van der Waals surface area contributed by atoms with Crippen LogP contribution in [0.5, 0.6) is 0 Å². The quantitative estimate of drug-likeness (QED) is 0.0231. The van der Waals surface area contributed by atoms with Crippen molar-refractivity contribution in [3.63, 3.8) is 0 Å². The number of amides is 3. The van der Waals surface area contributed by atoms with E-state index in [4.69, 9.17) is 62.0 Å². The molecule has 0 heterocycles. The number of hydrogen-bond acceptors (Lipinski definition) is 24. The first-order valence-electron chi connectivity index (χ1n) is 27.3. The highest BCUT2D eigenvalue weighted by molar-refractivity contribution is 7.89. The maximum Gasteiger partial charge on any atom is 0.317 e. The molecule has 1 atom stereocenters. The number of hydrogen-bond donors (Lipinski definition) is 7. The molecule has 480 valence electrons. The summed E-state index contributed by atoms with van der Waals surface area (Å²) in [4.78, 5) is 65.0. The SMILES string of the molecule is NS(=O)(=O)c1ccc(CC(=O)CN(CCN(CC(=O)O)CC(=O)Nc2ccc(NS(=O)[O-])cc2)CC(=O)NCCOCCOCCOCCOCCOCCOCCOCCOCCOCCOCCOCCOCCC(=O)NCCS)cc1. The molecule has 2 aromatic rings. The van der Waals surface area contributed by atoms with Crippen molar-refractivity contribution in [2.24, 2.45) is 5.14 Å². The van der Waals surface area contributed by atoms with Gasteiger partial charge in [0, 0.05) is 67.4 Å². The van der Waals surface area contributed by atoms with Gasteiger partial charge in [-0.2, -0.15) is 12.6 Å². The Labute approximate surface area is 500 Å². The van der Waals surface area contributed by atoms with Gasteiger partial charge >= 0.3 is 5.97 Å². The molecule has 0 aromatic heterocycles. The molecule has 0 aliphatic carbocycles. The Kier molecular flexibility index (Phi) is 45.7. The van der Waals surface area contributed by atoms with Crippen molar-refractivity contribution >= 4 is 74.8 Å². The number of Topliss-reactive ketones (excluding diaryl/α,β-unsaturated/α-hetero) is 1. The molecule has 0 aliphatic heterocycles. The van der Waals surface area contributed by atoms with Crippen molar-refractivity contribution in [3.8, 4) is 0 Å². The molecule has 0 saturated heterocycles. The number of carbonyl (C=O) groups excluding carboxylic acids is 4. The first-order chi connectivity index (χ1) is 40.6. The molecule has 0 fully saturated rings. The van der Waals surface area contributed by atoms with Crippen molar-refractivity contribution in [1.82, 2.24) is 20.4 Å². The lowest BCUT2D eigenvalue weighted by Crippen LogP contribution is -2.46. The van der Waals surface area contributed by atoms with Gasteiger partial charge in [0.05, 0.1) is 190 Å². The van der Waals surface area contributed by atoms with Gasteiger partial charge in [-0.15, -0.1) is 0 Å². The molecule has 32 heteroatoms. The van der Waals surface area contributed by atoms with E-state index in [9.17, 15) is 46.3 Å². The third-order valence-electron chi connectivity index (χ3n) is 10.8. The second-order valence-electron chi connectivity index (χ2n) is 17.7. The lowest BCUT2D eigenvalue weighted by atomic mass is 10.1. The number of carboxylic acid groups (broad SMARTS) is 1. The Bertz CT molecular complexity index is 2200. The lowest BCUT2D eigenvalue weighted by molar-refractivity contribution is -0.139. The number of carbonyl (C=O) groups is 5. The van der Waals surface area contributed by atoms with Crippen LogP contribution in [0, 0.1) is 0 Å². The van der Waals surface area contributed by atoms with Crippen LogP contribution in [-0.2, 0) is 109 Å². The Morgan fingerprint density at radius 3 is 1.26 bits per heavy atom. The summed E-state index contributed by atoms with van der Waals surface area (Å²) < 4.78 is 113. The zero-order chi connectivity index (χ0) is 61.1. The second kappa shape index (κ2) is 50.7. The summed E-state index contributed by atoms with van der Waals surface area (Å²) in [5, 5.41) is 22.8. The second-order valence-corrected chi connectivity index (χ2v) is 20.4. The topological polar surface area (TPSA) is 371 Å². The van der Waals surface area contributed by atoms with Crippen molar-refractivity contribution < 1.29 is 103 Å². The van der Waals surface area contributed by atoms with Gasteiger partial charge in [-0.05, 0) is 42.0 Å². The predicted molar refractivity (Wildman–Crippen MR) is 309 cm³/mol. The molecule has 1 unspecified atom stereocenters. The smallest absolute Gasteiger partial charge is 0.317 e. The van der Waals surface area contributed by atoms with E-state index in [-0.39, 0.29) is 87.8 Å². The average Bonchev–Trinajstić information content (AvgIpc) is 3.62. The van der Waals surface area contributed by atoms with Crippen LogP contribution < -0.4 is 25.8 Å². The molecule has 0 aliphatic rings. The Balaban J connectivity index is 1.45. The minimum Gasteiger partial charge on any atom is -0.755 e. The maximum atomic E-state index is 13.2. The van der Waals surface area contributed by atoms with E-state index < -0.39 is 45.6 Å². The molecule has 29 nitrogen and oxygen atoms in total. The first kappa shape index (κ1) is 75.7. The summed E-state index contributed by atoms with van der Waals surface area (Å²) in [6.07, 6.45) is 0.210. The number of aliphatic carboxylic acids is 1. The van der Waals surface area contributed by atoms with E-state index in [2.05, 4.69) is 33.3 Å². The van der Waals surface area contributed by atoms with Gasteiger partial charge in [0.2, 0.25) is 27.7 Å². The molecular weight excluding hydrogens is 1170 g/mol. The number of benzene rings is 2. The molecule has 2 aromatic carbocycles. The first-order valence-corrected chi connectivity index (χ1v) is 30.5. The molecule has 7 N–H and O–H groups in total. The molecule has 0 spiro atoms. The normalized spacial score (nSPS) is 12.0. The fourth-order valence-corrected chi connectivity index (χ4v) is 7.80. The van der Waals surface area contributed by atoms with Gasteiger partial charge in [-0.3, -0.25) is 38.0 Å². The minimum absolute atomic E-state index is 0.00480. The van der Waals surface area contributed by atoms with Gasteiger partial charge in [0.1, 0.15) is 0 Å². The number of thiol groups is 1. The fraction of sp³-hybridized carbons (Fsp3) is 0.673. The fourth-order valence-electron chi connectivity index (χ4n) is 6.84. The zero-order valence-corrected chi connectivity index (χ0v) is 50.2. The van der Waals surface area contributed by atoms with Crippen LogP contribution in [0.15, 0.2) is 53.4 Å². The van der Waals surface area contributed by atoms with E-state index in [1.54, 1.807) is 0 Å². The molecule has 0 radical (unpaired) electrons. The van der Waals surface area contributed by atoms with Crippen LogP contribution in [-0.4, -0.2) is 278 Å². The summed E-state index contributed by atoms with van der Waals surface area (Å²) in [6, 6.07) is 11.2. The third-order valence-corrected chi connectivity index (χ3v) is 12.4. The molecule has 0 saturated carbocycles. The summed E-state index contributed by atoms with van der Waals surface area (Å²) in [5.41, 5.74) is 1.09. The van der Waals surface area contributed by atoms with Crippen LogP contribution in [0.1, 0.15) is 12.0 Å². The third kappa shape index (κ3) is 45.0. The summed E-state index contributed by atoms with van der Waals surface area (Å²) >= 11 is 1.50. The van der Waals surface area contributed by atoms with Crippen molar-refractivity contribution in [2.45, 2.75) is 17.7 Å². The average molecular weight is 1260 g/mol. The van der Waals surface area contributed by atoms with E-state index in [1.807, 2.05) is 0 Å². The number of nitrogens with one attached hydrogen (secondary N) is 4. The lowest BCUT2D eigenvalue weighted by Gasteiger charge is -2.26. The molecule has 84 heavy (non-hydrogen) atoms. The zero-order valence-electron chi connectivity index (χ0n) is 47.6. The maximum absolute atomic E-state index is 13.2. The van der Waals surface area contributed by atoms with Crippen molar-refractivity contribution in [1.29, 1.82) is 0 Å². The van der Waals surface area contributed by atoms with Gasteiger partial charge in [-0.25, -0.2) is 13.6 Å². The standard InChI is InChI=1S/C52H87N7O22S3/c53-84(68,69)48-7-1-44(2-8-48)39-47(60)40-58(12-13-59(43-52(64)65)42-51(63)56-45-3-5-46(6-4-45)57-83(66)67)41-50(62)54-10-15-71-17-19-73-21-23-75-25-27-77-29-31-79-33-35-81-37-36-80-34-32-78-30-28-76-26-24-74-22-20-72-18-16-70-14-9-49(61)55-11-38-82/h1-8,57,82H,9-43H2,(H,54,62)(H,55,61)(H,56,63)(H,64,65)(H,66,67)(H2,53,68,69)/p-1. The molecule has 3 amide bonds. The van der Waals surface area contributed by atoms with Crippen LogP contribution in [0.3, 0.4) is 0 Å².